The lowest BCUT2D eigenvalue weighted by atomic mass is 10.1. The van der Waals surface area contributed by atoms with Crippen LogP contribution in [-0.2, 0) is 21.2 Å². The van der Waals surface area contributed by atoms with Crippen LogP contribution in [-0.4, -0.2) is 38.8 Å². The first kappa shape index (κ1) is 25.3. The van der Waals surface area contributed by atoms with Crippen LogP contribution in [0.25, 0.3) is 0 Å². The number of methoxy groups -OCH3 is 1. The molecule has 0 heterocycles. The largest absolute Gasteiger partial charge is 0.495 e. The maximum atomic E-state index is 13.4. The van der Waals surface area contributed by atoms with Gasteiger partial charge >= 0.3 is 0 Å². The molecule has 0 atom stereocenters. The highest BCUT2D eigenvalue weighted by Crippen LogP contribution is 2.29. The minimum atomic E-state index is -4.14. The van der Waals surface area contributed by atoms with E-state index in [2.05, 4.69) is 5.32 Å². The molecular formula is C23H21Cl3N2O4S. The van der Waals surface area contributed by atoms with E-state index in [4.69, 9.17) is 39.5 Å². The topological polar surface area (TPSA) is 75.7 Å². The summed E-state index contributed by atoms with van der Waals surface area (Å²) in [6.45, 7) is -0.400. The third-order valence-electron chi connectivity index (χ3n) is 4.76. The fourth-order valence-electron chi connectivity index (χ4n) is 3.12. The van der Waals surface area contributed by atoms with Crippen molar-refractivity contribution >= 4 is 56.4 Å². The molecule has 10 heteroatoms. The van der Waals surface area contributed by atoms with Crippen LogP contribution in [0.5, 0.6) is 5.75 Å². The number of amides is 1. The summed E-state index contributed by atoms with van der Waals surface area (Å²) in [5, 5.41) is 3.29. The average molecular weight is 528 g/mol. The Morgan fingerprint density at radius 3 is 2.33 bits per heavy atom. The predicted octanol–water partition coefficient (Wildman–Crippen LogP) is 5.53. The lowest BCUT2D eigenvalue weighted by molar-refractivity contribution is -0.116. The normalized spacial score (nSPS) is 11.4. The molecular weight excluding hydrogens is 507 g/mol. The Hall–Kier alpha value is -2.29. The Balaban J connectivity index is 1.89. The van der Waals surface area contributed by atoms with Crippen LogP contribution < -0.4 is 10.1 Å². The van der Waals surface area contributed by atoms with Gasteiger partial charge in [-0.1, -0.05) is 65.1 Å². The first-order valence-corrected chi connectivity index (χ1v) is 12.4. The molecule has 1 N–H and O–H groups in total. The quantitative estimate of drug-likeness (QED) is 0.397. The van der Waals surface area contributed by atoms with E-state index in [0.29, 0.717) is 22.9 Å². The van der Waals surface area contributed by atoms with E-state index < -0.39 is 22.5 Å². The lowest BCUT2D eigenvalue weighted by Crippen LogP contribution is -2.39. The summed E-state index contributed by atoms with van der Waals surface area (Å²) in [4.78, 5) is 12.7. The summed E-state index contributed by atoms with van der Waals surface area (Å²) in [7, 11) is -2.68. The molecule has 0 radical (unpaired) electrons. The Morgan fingerprint density at radius 1 is 0.970 bits per heavy atom. The molecule has 3 aromatic carbocycles. The molecule has 3 aromatic rings. The van der Waals surface area contributed by atoms with Crippen LogP contribution >= 0.6 is 34.8 Å². The zero-order valence-electron chi connectivity index (χ0n) is 17.6. The number of hydrogen-bond donors (Lipinski definition) is 1. The van der Waals surface area contributed by atoms with Crippen LogP contribution in [0, 0.1) is 0 Å². The third kappa shape index (κ3) is 6.62. The van der Waals surface area contributed by atoms with Gasteiger partial charge in [0.2, 0.25) is 15.9 Å². The van der Waals surface area contributed by atoms with Gasteiger partial charge in [0.15, 0.2) is 0 Å². The molecule has 0 aromatic heterocycles. The molecule has 0 bridgehead atoms. The van der Waals surface area contributed by atoms with E-state index in [1.165, 1.54) is 31.4 Å². The Bertz CT molecular complexity index is 1240. The Kier molecular flexibility index (Phi) is 8.62. The SMILES string of the molecule is COc1ccc(Cl)cc1NC(=O)CN(CCc1ccccc1)S(=O)(=O)c1cc(Cl)ccc1Cl. The van der Waals surface area contributed by atoms with Crippen LogP contribution in [0.3, 0.4) is 0 Å². The van der Waals surface area contributed by atoms with Gasteiger partial charge in [-0.15, -0.1) is 0 Å². The predicted molar refractivity (Wildman–Crippen MR) is 132 cm³/mol. The molecule has 0 saturated heterocycles. The second kappa shape index (κ2) is 11.2. The molecule has 3 rings (SSSR count). The summed E-state index contributed by atoms with van der Waals surface area (Å²) in [5.74, 6) is -0.172. The lowest BCUT2D eigenvalue weighted by Gasteiger charge is -2.23. The van der Waals surface area contributed by atoms with Crippen molar-refractivity contribution in [3.63, 3.8) is 0 Å². The zero-order valence-corrected chi connectivity index (χ0v) is 20.7. The number of hydrogen-bond acceptors (Lipinski definition) is 4. The van der Waals surface area contributed by atoms with E-state index >= 15 is 0 Å². The van der Waals surface area contributed by atoms with Crippen LogP contribution in [0.2, 0.25) is 15.1 Å². The second-order valence-electron chi connectivity index (χ2n) is 7.04. The number of sulfonamides is 1. The van der Waals surface area contributed by atoms with Crippen molar-refractivity contribution < 1.29 is 17.9 Å². The van der Waals surface area contributed by atoms with Crippen molar-refractivity contribution in [2.75, 3.05) is 25.5 Å². The smallest absolute Gasteiger partial charge is 0.245 e. The number of carbonyl (C=O) groups is 1. The standard InChI is InChI=1S/C23H21Cl3N2O4S/c1-32-21-10-8-17(24)13-20(21)27-23(29)15-28(12-11-16-5-3-2-4-6-16)33(30,31)22-14-18(25)7-9-19(22)26/h2-10,13-14H,11-12,15H2,1H3,(H,27,29). The fourth-order valence-corrected chi connectivity index (χ4v) is 5.43. The van der Waals surface area contributed by atoms with E-state index in [1.54, 1.807) is 12.1 Å². The van der Waals surface area contributed by atoms with Crippen molar-refractivity contribution in [1.29, 1.82) is 0 Å². The highest BCUT2D eigenvalue weighted by molar-refractivity contribution is 7.89. The molecule has 0 aliphatic carbocycles. The number of nitrogens with zero attached hydrogens (tertiary/aromatic N) is 1. The first-order valence-electron chi connectivity index (χ1n) is 9.83. The number of benzene rings is 3. The number of nitrogens with one attached hydrogen (secondary N) is 1. The van der Waals surface area contributed by atoms with E-state index in [9.17, 15) is 13.2 Å². The third-order valence-corrected chi connectivity index (χ3v) is 7.56. The number of anilines is 1. The van der Waals surface area contributed by atoms with Crippen molar-refractivity contribution in [3.05, 3.63) is 87.4 Å². The molecule has 0 saturated carbocycles. The van der Waals surface area contributed by atoms with Gasteiger partial charge in [-0.3, -0.25) is 4.79 Å². The molecule has 1 amide bonds. The van der Waals surface area contributed by atoms with Gasteiger partial charge in [0.1, 0.15) is 10.6 Å². The summed E-state index contributed by atoms with van der Waals surface area (Å²) in [6.07, 6.45) is 0.395. The van der Waals surface area contributed by atoms with Crippen LogP contribution in [0.1, 0.15) is 5.56 Å². The van der Waals surface area contributed by atoms with Crippen molar-refractivity contribution in [2.24, 2.45) is 0 Å². The van der Waals surface area contributed by atoms with Crippen LogP contribution in [0.4, 0.5) is 5.69 Å². The number of ether oxygens (including phenoxy) is 1. The maximum Gasteiger partial charge on any atom is 0.245 e. The monoisotopic (exact) mass is 526 g/mol. The molecule has 0 unspecified atom stereocenters. The molecule has 0 fully saturated rings. The number of rotatable bonds is 9. The van der Waals surface area contributed by atoms with Crippen LogP contribution in [0.15, 0.2) is 71.6 Å². The van der Waals surface area contributed by atoms with E-state index in [1.807, 2.05) is 30.3 Å². The first-order chi connectivity index (χ1) is 15.7. The van der Waals surface area contributed by atoms with Crippen molar-refractivity contribution in [2.45, 2.75) is 11.3 Å². The maximum absolute atomic E-state index is 13.4. The molecule has 174 valence electrons. The summed E-state index contributed by atoms with van der Waals surface area (Å²) < 4.78 is 33.2. The molecule has 0 aliphatic heterocycles. The summed E-state index contributed by atoms with van der Waals surface area (Å²) in [6, 6.07) is 18.3. The van der Waals surface area contributed by atoms with Gasteiger partial charge in [0.05, 0.1) is 24.4 Å². The van der Waals surface area contributed by atoms with Gasteiger partial charge in [0, 0.05) is 16.6 Å². The zero-order chi connectivity index (χ0) is 24.0. The molecule has 6 nitrogen and oxygen atoms in total. The van der Waals surface area contributed by atoms with Crippen molar-refractivity contribution in [1.82, 2.24) is 4.31 Å². The molecule has 33 heavy (non-hydrogen) atoms. The van der Waals surface area contributed by atoms with Gasteiger partial charge in [-0.2, -0.15) is 4.31 Å². The van der Waals surface area contributed by atoms with Gasteiger partial charge in [-0.05, 0) is 48.4 Å². The number of halogens is 3. The van der Waals surface area contributed by atoms with Gasteiger partial charge in [-0.25, -0.2) is 8.42 Å². The van der Waals surface area contributed by atoms with Gasteiger partial charge < -0.3 is 10.1 Å². The second-order valence-corrected chi connectivity index (χ2v) is 10.2. The Labute approximate surface area is 208 Å². The van der Waals surface area contributed by atoms with Crippen molar-refractivity contribution in [3.8, 4) is 5.75 Å². The minimum Gasteiger partial charge on any atom is -0.495 e. The summed E-state index contributed by atoms with van der Waals surface area (Å²) in [5.41, 5.74) is 1.25. The molecule has 0 aliphatic rings. The molecule has 0 spiro atoms. The van der Waals surface area contributed by atoms with E-state index in [-0.39, 0.29) is 21.5 Å². The van der Waals surface area contributed by atoms with E-state index in [0.717, 1.165) is 9.87 Å². The fraction of sp³-hybridized carbons (Fsp3) is 0.174. The highest BCUT2D eigenvalue weighted by Gasteiger charge is 2.29. The Morgan fingerprint density at radius 2 is 1.64 bits per heavy atom. The minimum absolute atomic E-state index is 0.0148. The summed E-state index contributed by atoms with van der Waals surface area (Å²) >= 11 is 18.2. The number of carbonyl (C=O) groups excluding carboxylic acids is 1. The van der Waals surface area contributed by atoms with Gasteiger partial charge in [0.25, 0.3) is 0 Å². The average Bonchev–Trinajstić information content (AvgIpc) is 2.79. The highest BCUT2D eigenvalue weighted by atomic mass is 35.5.